The van der Waals surface area contributed by atoms with Crippen LogP contribution in [-0.2, 0) is 19.4 Å². The molecule has 0 aliphatic carbocycles. The first kappa shape index (κ1) is 20.0. The molecule has 1 atom stereocenters. The molecule has 1 aliphatic rings. The summed E-state index contributed by atoms with van der Waals surface area (Å²) in [4.78, 5) is 29.1. The molecule has 1 aliphatic heterocycles. The molecule has 0 saturated carbocycles. The molecular formula is C19H17N5O4S2. The minimum absolute atomic E-state index is 0.0686. The van der Waals surface area contributed by atoms with Crippen LogP contribution < -0.4 is 16.1 Å². The van der Waals surface area contributed by atoms with Crippen LogP contribution in [0.4, 0.5) is 10.8 Å². The third-order valence-electron chi connectivity index (χ3n) is 4.53. The number of anilines is 2. The lowest BCUT2D eigenvalue weighted by Crippen LogP contribution is -2.39. The molecule has 3 N–H and O–H groups in total. The molecule has 0 spiro atoms. The van der Waals surface area contributed by atoms with E-state index in [1.54, 1.807) is 30.3 Å². The molecule has 0 bridgehead atoms. The van der Waals surface area contributed by atoms with E-state index in [1.165, 1.54) is 17.1 Å². The number of nitrogens with one attached hydrogen (secondary N) is 1. The maximum atomic E-state index is 12.7. The van der Waals surface area contributed by atoms with Crippen LogP contribution in [0.5, 0.6) is 0 Å². The van der Waals surface area contributed by atoms with Crippen molar-refractivity contribution in [3.63, 3.8) is 0 Å². The second kappa shape index (κ2) is 7.50. The molecule has 3 aromatic rings. The maximum absolute atomic E-state index is 12.7. The highest BCUT2D eigenvalue weighted by Gasteiger charge is 2.35. The molecular weight excluding hydrogens is 426 g/mol. The summed E-state index contributed by atoms with van der Waals surface area (Å²) in [5, 5.41) is 8.71. The van der Waals surface area contributed by atoms with Crippen molar-refractivity contribution in [2.45, 2.75) is 17.4 Å². The number of aromatic nitrogens is 1. The number of hydrazone groups is 1. The number of rotatable bonds is 5. The van der Waals surface area contributed by atoms with Gasteiger partial charge >= 0.3 is 0 Å². The number of amides is 2. The van der Waals surface area contributed by atoms with Gasteiger partial charge in [0, 0.05) is 12.7 Å². The Morgan fingerprint density at radius 3 is 2.60 bits per heavy atom. The molecule has 1 unspecified atom stereocenters. The van der Waals surface area contributed by atoms with Crippen molar-refractivity contribution in [1.82, 2.24) is 4.98 Å². The van der Waals surface area contributed by atoms with E-state index < -0.39 is 27.7 Å². The van der Waals surface area contributed by atoms with Gasteiger partial charge in [0.05, 0.1) is 20.8 Å². The average molecular weight is 444 g/mol. The highest BCUT2D eigenvalue weighted by atomic mass is 32.2. The minimum atomic E-state index is -3.34. The third kappa shape index (κ3) is 3.89. The number of hydrogen-bond acceptors (Lipinski definition) is 8. The zero-order valence-electron chi connectivity index (χ0n) is 15.8. The van der Waals surface area contributed by atoms with Gasteiger partial charge in [-0.1, -0.05) is 29.5 Å². The van der Waals surface area contributed by atoms with Crippen LogP contribution in [0, 0.1) is 0 Å². The zero-order valence-corrected chi connectivity index (χ0v) is 17.4. The summed E-state index contributed by atoms with van der Waals surface area (Å²) in [6, 6.07) is 12.8. The molecule has 2 heterocycles. The number of thiazole rings is 1. The largest absolute Gasteiger partial charge is 0.368 e. The third-order valence-corrected chi connectivity index (χ3v) is 6.57. The van der Waals surface area contributed by atoms with Crippen molar-refractivity contribution in [2.24, 2.45) is 10.8 Å². The summed E-state index contributed by atoms with van der Waals surface area (Å²) in [6.07, 6.45) is 1.20. The van der Waals surface area contributed by atoms with Crippen molar-refractivity contribution in [3.05, 3.63) is 48.5 Å². The molecule has 154 valence electrons. The number of carbonyl (C=O) groups excluding carboxylic acids is 2. The molecule has 0 fully saturated rings. The van der Waals surface area contributed by atoms with Crippen molar-refractivity contribution in [2.75, 3.05) is 16.6 Å². The summed E-state index contributed by atoms with van der Waals surface area (Å²) >= 11 is 1.15. The molecule has 11 heteroatoms. The number of primary amides is 1. The van der Waals surface area contributed by atoms with E-state index in [-0.39, 0.29) is 17.0 Å². The predicted molar refractivity (Wildman–Crippen MR) is 115 cm³/mol. The fraction of sp³-hybridized carbons (Fsp3) is 0.158. The molecule has 1 aromatic heterocycles. The van der Waals surface area contributed by atoms with Crippen LogP contribution >= 0.6 is 11.3 Å². The van der Waals surface area contributed by atoms with Crippen molar-refractivity contribution >= 4 is 59.7 Å². The van der Waals surface area contributed by atoms with Gasteiger partial charge < -0.3 is 5.73 Å². The highest BCUT2D eigenvalue weighted by molar-refractivity contribution is 7.90. The van der Waals surface area contributed by atoms with Crippen LogP contribution in [0.2, 0.25) is 0 Å². The number of nitrogens with zero attached hydrogens (tertiary/aromatic N) is 3. The Morgan fingerprint density at radius 1 is 1.20 bits per heavy atom. The van der Waals surface area contributed by atoms with Gasteiger partial charge in [0.2, 0.25) is 5.91 Å². The zero-order chi connectivity index (χ0) is 21.5. The summed E-state index contributed by atoms with van der Waals surface area (Å²) in [7, 11) is -3.34. The fourth-order valence-corrected chi connectivity index (χ4v) is 4.67. The van der Waals surface area contributed by atoms with Crippen LogP contribution in [0.15, 0.2) is 58.5 Å². The summed E-state index contributed by atoms with van der Waals surface area (Å²) < 4.78 is 24.1. The van der Waals surface area contributed by atoms with E-state index in [1.807, 2.05) is 6.07 Å². The number of carbonyl (C=O) groups is 2. The van der Waals surface area contributed by atoms with E-state index in [4.69, 9.17) is 5.73 Å². The lowest BCUT2D eigenvalue weighted by Gasteiger charge is -2.20. The maximum Gasteiger partial charge on any atom is 0.273 e. The second-order valence-corrected chi connectivity index (χ2v) is 9.77. The van der Waals surface area contributed by atoms with Crippen LogP contribution in [0.25, 0.3) is 10.2 Å². The van der Waals surface area contributed by atoms with Gasteiger partial charge in [-0.05, 0) is 30.3 Å². The van der Waals surface area contributed by atoms with Crippen molar-refractivity contribution in [1.29, 1.82) is 0 Å². The van der Waals surface area contributed by atoms with E-state index in [9.17, 15) is 18.0 Å². The Hall–Kier alpha value is -3.31. The normalized spacial score (nSPS) is 16.5. The number of sulfone groups is 1. The molecule has 2 aromatic carbocycles. The SMILES string of the molecule is CS(=O)(=O)c1ccc2nc(NC(=O)C3=NN(c4ccccc4)C(C(N)=O)C3)sc2c1. The van der Waals surface area contributed by atoms with Gasteiger partial charge in [-0.3, -0.25) is 19.9 Å². The van der Waals surface area contributed by atoms with Crippen LogP contribution in [0.3, 0.4) is 0 Å². The molecule has 0 radical (unpaired) electrons. The minimum Gasteiger partial charge on any atom is -0.368 e. The van der Waals surface area contributed by atoms with Gasteiger partial charge in [-0.25, -0.2) is 13.4 Å². The Kier molecular flexibility index (Phi) is 5.00. The lowest BCUT2D eigenvalue weighted by molar-refractivity contribution is -0.119. The molecule has 9 nitrogen and oxygen atoms in total. The lowest BCUT2D eigenvalue weighted by atomic mass is 10.1. The smallest absolute Gasteiger partial charge is 0.273 e. The van der Waals surface area contributed by atoms with Gasteiger partial charge in [-0.15, -0.1) is 0 Å². The number of hydrogen-bond donors (Lipinski definition) is 2. The first-order valence-electron chi connectivity index (χ1n) is 8.85. The van der Waals surface area contributed by atoms with Crippen LogP contribution in [0.1, 0.15) is 6.42 Å². The first-order valence-corrected chi connectivity index (χ1v) is 11.6. The summed E-state index contributed by atoms with van der Waals surface area (Å²) in [5.41, 5.74) is 6.86. The van der Waals surface area contributed by atoms with Crippen molar-refractivity contribution < 1.29 is 18.0 Å². The Morgan fingerprint density at radius 2 is 1.93 bits per heavy atom. The van der Waals surface area contributed by atoms with E-state index in [0.29, 0.717) is 21.0 Å². The summed E-state index contributed by atoms with van der Waals surface area (Å²) in [5.74, 6) is -1.08. The Bertz CT molecular complexity index is 1280. The quantitative estimate of drug-likeness (QED) is 0.617. The van der Waals surface area contributed by atoms with E-state index >= 15 is 0 Å². The topological polar surface area (TPSA) is 135 Å². The predicted octanol–water partition coefficient (Wildman–Crippen LogP) is 1.76. The first-order chi connectivity index (χ1) is 14.2. The number of fused-ring (bicyclic) bond motifs is 1. The number of benzene rings is 2. The summed E-state index contributed by atoms with van der Waals surface area (Å²) in [6.45, 7) is 0. The fourth-order valence-electron chi connectivity index (χ4n) is 3.05. The monoisotopic (exact) mass is 443 g/mol. The van der Waals surface area contributed by atoms with E-state index in [2.05, 4.69) is 15.4 Å². The molecule has 2 amide bonds. The highest BCUT2D eigenvalue weighted by Crippen LogP contribution is 2.29. The Labute approximate surface area is 176 Å². The van der Waals surface area contributed by atoms with Gasteiger partial charge in [0.1, 0.15) is 11.8 Å². The average Bonchev–Trinajstić information content (AvgIpc) is 3.31. The van der Waals surface area contributed by atoms with Crippen LogP contribution in [-0.4, -0.2) is 43.2 Å². The van der Waals surface area contributed by atoms with Gasteiger partial charge in [0.15, 0.2) is 15.0 Å². The van der Waals surface area contributed by atoms with E-state index in [0.717, 1.165) is 17.6 Å². The Balaban J connectivity index is 1.58. The van der Waals surface area contributed by atoms with Gasteiger partial charge in [0.25, 0.3) is 5.91 Å². The van der Waals surface area contributed by atoms with Gasteiger partial charge in [-0.2, -0.15) is 5.10 Å². The second-order valence-electron chi connectivity index (χ2n) is 6.72. The standard InChI is InChI=1S/C19H17N5O4S2/c1-30(27,28)12-7-8-13-16(9-12)29-19(21-13)22-18(26)14-10-15(17(20)25)24(23-14)11-5-3-2-4-6-11/h2-9,15H,10H2,1H3,(H2,20,25)(H,21,22,26). The number of para-hydroxylation sites is 1. The number of nitrogens with two attached hydrogens (primary N) is 1. The molecule has 0 saturated heterocycles. The molecule has 30 heavy (non-hydrogen) atoms. The van der Waals surface area contributed by atoms with Crippen molar-refractivity contribution in [3.8, 4) is 0 Å². The molecule has 4 rings (SSSR count).